The van der Waals surface area contributed by atoms with Gasteiger partial charge in [0.2, 0.25) is 0 Å². The summed E-state index contributed by atoms with van der Waals surface area (Å²) in [5.74, 6) is -1.26. The molecule has 148 valence electrons. The Labute approximate surface area is 158 Å². The summed E-state index contributed by atoms with van der Waals surface area (Å²) in [4.78, 5) is 16.7. The number of carboxylic acid groups (broad SMARTS) is 1. The van der Waals surface area contributed by atoms with Crippen LogP contribution in [0.2, 0.25) is 0 Å². The molecular weight excluding hydrogens is 374 g/mol. The van der Waals surface area contributed by atoms with E-state index >= 15 is 0 Å². The van der Waals surface area contributed by atoms with Crippen LogP contribution in [0.5, 0.6) is 0 Å². The lowest BCUT2D eigenvalue weighted by Gasteiger charge is -2.22. The van der Waals surface area contributed by atoms with Gasteiger partial charge in [0.15, 0.2) is 21.8 Å². The first-order valence-electron chi connectivity index (χ1n) is 8.99. The summed E-state index contributed by atoms with van der Waals surface area (Å²) in [6.45, 7) is 1.00. The average molecular weight is 397 g/mol. The van der Waals surface area contributed by atoms with Crippen LogP contribution in [0, 0.1) is 0 Å². The zero-order valence-electron chi connectivity index (χ0n) is 14.9. The first-order valence-corrected chi connectivity index (χ1v) is 10.5. The van der Waals surface area contributed by atoms with Gasteiger partial charge in [-0.1, -0.05) is 17.3 Å². The second-order valence-corrected chi connectivity index (χ2v) is 8.74. The number of carboxylic acids is 1. The highest BCUT2D eigenvalue weighted by Crippen LogP contribution is 2.33. The van der Waals surface area contributed by atoms with E-state index in [2.05, 4.69) is 5.16 Å². The number of rotatable bonds is 9. The first-order chi connectivity index (χ1) is 13.0. The highest BCUT2D eigenvalue weighted by molar-refractivity contribution is 7.92. The molecule has 1 N–H and O–H groups in total. The molecule has 1 atom stereocenters. The van der Waals surface area contributed by atoms with Gasteiger partial charge in [0.25, 0.3) is 0 Å². The summed E-state index contributed by atoms with van der Waals surface area (Å²) in [6, 6.07) is 5.67. The number of ether oxygens (including phenoxy) is 2. The number of oxime groups is 1. The molecule has 2 aliphatic rings. The van der Waals surface area contributed by atoms with Crippen LogP contribution in [0.3, 0.4) is 0 Å². The van der Waals surface area contributed by atoms with Gasteiger partial charge in [0, 0.05) is 12.2 Å². The van der Waals surface area contributed by atoms with E-state index in [1.807, 2.05) is 0 Å². The lowest BCUT2D eigenvalue weighted by atomic mass is 10.1. The third-order valence-electron chi connectivity index (χ3n) is 4.39. The van der Waals surface area contributed by atoms with E-state index in [1.54, 1.807) is 0 Å². The molecule has 0 aromatic heterocycles. The van der Waals surface area contributed by atoms with Crippen molar-refractivity contribution in [1.82, 2.24) is 0 Å². The molecule has 0 spiro atoms. The topological polar surface area (TPSA) is 111 Å². The van der Waals surface area contributed by atoms with E-state index in [9.17, 15) is 18.3 Å². The summed E-state index contributed by atoms with van der Waals surface area (Å²) in [5, 5.41) is 12.7. The smallest absolute Gasteiger partial charge is 0.358 e. The normalized spacial score (nSPS) is 21.0. The highest BCUT2D eigenvalue weighted by Gasteiger charge is 2.36. The van der Waals surface area contributed by atoms with Crippen molar-refractivity contribution < 1.29 is 32.6 Å². The molecule has 27 heavy (non-hydrogen) atoms. The van der Waals surface area contributed by atoms with Gasteiger partial charge < -0.3 is 19.4 Å². The fourth-order valence-electron chi connectivity index (χ4n) is 2.76. The number of carbonyl (C=O) groups is 1. The molecule has 1 aliphatic heterocycles. The minimum absolute atomic E-state index is 0.0881. The van der Waals surface area contributed by atoms with Gasteiger partial charge in [-0.15, -0.1) is 0 Å². The summed E-state index contributed by atoms with van der Waals surface area (Å²) in [7, 11) is -3.31. The Kier molecular flexibility index (Phi) is 6.46. The fraction of sp³-hybridized carbons (Fsp3) is 0.556. The first kappa shape index (κ1) is 19.8. The van der Waals surface area contributed by atoms with Crippen molar-refractivity contribution >= 4 is 21.5 Å². The van der Waals surface area contributed by atoms with Gasteiger partial charge in [0.1, 0.15) is 6.61 Å². The summed E-state index contributed by atoms with van der Waals surface area (Å²) >= 11 is 0. The van der Waals surface area contributed by atoms with Crippen LogP contribution in [0.4, 0.5) is 0 Å². The van der Waals surface area contributed by atoms with Gasteiger partial charge >= 0.3 is 5.97 Å². The molecule has 0 bridgehead atoms. The van der Waals surface area contributed by atoms with E-state index in [-0.39, 0.29) is 40.9 Å². The minimum atomic E-state index is -3.31. The van der Waals surface area contributed by atoms with Gasteiger partial charge in [-0.3, -0.25) is 0 Å². The Bertz CT molecular complexity index is 778. The average Bonchev–Trinajstić information content (AvgIpc) is 3.51. The Morgan fingerprint density at radius 1 is 1.15 bits per heavy atom. The molecule has 1 heterocycles. The standard InChI is InChI=1S/C18H23NO7S/c20-18(21)17(19-26-12-11-25-16-3-1-2-10-24-16)13-4-6-14(7-5-13)27(22,23)15-8-9-15/h4-7,15-16H,1-3,8-12H2,(H,20,21). The van der Waals surface area contributed by atoms with Crippen LogP contribution in [0.15, 0.2) is 34.3 Å². The molecule has 9 heteroatoms. The molecule has 1 aliphatic carbocycles. The molecule has 1 aromatic carbocycles. The number of sulfone groups is 1. The van der Waals surface area contributed by atoms with Crippen molar-refractivity contribution in [2.75, 3.05) is 19.8 Å². The van der Waals surface area contributed by atoms with Crippen LogP contribution in [-0.2, 0) is 28.9 Å². The lowest BCUT2D eigenvalue weighted by molar-refractivity contribution is -0.169. The molecule has 1 saturated carbocycles. The molecule has 3 rings (SSSR count). The number of aliphatic carboxylic acids is 1. The van der Waals surface area contributed by atoms with Crippen LogP contribution in [0.1, 0.15) is 37.7 Å². The highest BCUT2D eigenvalue weighted by atomic mass is 32.2. The molecule has 8 nitrogen and oxygen atoms in total. The van der Waals surface area contributed by atoms with E-state index in [1.165, 1.54) is 24.3 Å². The zero-order chi connectivity index (χ0) is 19.3. The number of hydrogen-bond donors (Lipinski definition) is 1. The van der Waals surface area contributed by atoms with E-state index in [4.69, 9.17) is 14.3 Å². The maximum atomic E-state index is 12.2. The van der Waals surface area contributed by atoms with Crippen LogP contribution in [-0.4, -0.2) is 56.6 Å². The van der Waals surface area contributed by atoms with Crippen LogP contribution >= 0.6 is 0 Å². The Morgan fingerprint density at radius 3 is 2.48 bits per heavy atom. The minimum Gasteiger partial charge on any atom is -0.476 e. The second kappa shape index (κ2) is 8.81. The summed E-state index contributed by atoms with van der Waals surface area (Å²) < 4.78 is 35.3. The van der Waals surface area contributed by atoms with Gasteiger partial charge in [-0.2, -0.15) is 0 Å². The zero-order valence-corrected chi connectivity index (χ0v) is 15.7. The molecule has 0 amide bonds. The van der Waals surface area contributed by atoms with Crippen molar-refractivity contribution in [3.8, 4) is 0 Å². The van der Waals surface area contributed by atoms with Crippen LogP contribution < -0.4 is 0 Å². The molecular formula is C18H23NO7S. The fourth-order valence-corrected chi connectivity index (χ4v) is 4.42. The third-order valence-corrected chi connectivity index (χ3v) is 6.67. The Hall–Kier alpha value is -1.97. The van der Waals surface area contributed by atoms with E-state index < -0.39 is 15.8 Å². The van der Waals surface area contributed by atoms with Gasteiger partial charge in [-0.05, 0) is 44.2 Å². The van der Waals surface area contributed by atoms with E-state index in [0.29, 0.717) is 19.4 Å². The van der Waals surface area contributed by atoms with Gasteiger partial charge in [0.05, 0.1) is 16.8 Å². The van der Waals surface area contributed by atoms with Gasteiger partial charge in [-0.25, -0.2) is 13.2 Å². The van der Waals surface area contributed by atoms with Crippen molar-refractivity contribution in [2.45, 2.75) is 48.5 Å². The predicted molar refractivity (Wildman–Crippen MR) is 96.3 cm³/mol. The molecule has 1 unspecified atom stereocenters. The number of benzene rings is 1. The third kappa shape index (κ3) is 5.27. The largest absolute Gasteiger partial charge is 0.476 e. The van der Waals surface area contributed by atoms with Crippen molar-refractivity contribution in [1.29, 1.82) is 0 Å². The monoisotopic (exact) mass is 397 g/mol. The Balaban J connectivity index is 1.56. The summed E-state index contributed by atoms with van der Waals surface area (Å²) in [5.41, 5.74) is -0.0203. The van der Waals surface area contributed by atoms with Crippen molar-refractivity contribution in [2.24, 2.45) is 5.16 Å². The molecule has 0 radical (unpaired) electrons. The quantitative estimate of drug-likeness (QED) is 0.385. The number of hydrogen-bond acceptors (Lipinski definition) is 7. The predicted octanol–water partition coefficient (Wildman–Crippen LogP) is 1.97. The molecule has 1 saturated heterocycles. The van der Waals surface area contributed by atoms with Crippen LogP contribution in [0.25, 0.3) is 0 Å². The van der Waals surface area contributed by atoms with Crippen molar-refractivity contribution in [3.63, 3.8) is 0 Å². The number of nitrogens with zero attached hydrogens (tertiary/aromatic N) is 1. The lowest BCUT2D eigenvalue weighted by Crippen LogP contribution is -2.24. The molecule has 2 fully saturated rings. The van der Waals surface area contributed by atoms with Crippen molar-refractivity contribution in [3.05, 3.63) is 29.8 Å². The van der Waals surface area contributed by atoms with E-state index in [0.717, 1.165) is 19.3 Å². The second-order valence-electron chi connectivity index (χ2n) is 6.51. The summed E-state index contributed by atoms with van der Waals surface area (Å²) in [6.07, 6.45) is 4.02. The maximum Gasteiger partial charge on any atom is 0.358 e. The molecule has 1 aromatic rings. The Morgan fingerprint density at radius 2 is 1.89 bits per heavy atom. The maximum absolute atomic E-state index is 12.2. The SMILES string of the molecule is O=C(O)C(=NOCCOC1CCCCO1)c1ccc(S(=O)(=O)C2CC2)cc1.